The number of amides is 1. The molecule has 144 valence electrons. The van der Waals surface area contributed by atoms with E-state index < -0.39 is 0 Å². The van der Waals surface area contributed by atoms with Gasteiger partial charge in [0.2, 0.25) is 17.6 Å². The molecule has 1 atom stereocenters. The summed E-state index contributed by atoms with van der Waals surface area (Å²) in [5.41, 5.74) is 3.04. The zero-order valence-corrected chi connectivity index (χ0v) is 16.1. The number of methoxy groups -OCH3 is 1. The van der Waals surface area contributed by atoms with Gasteiger partial charge in [-0.05, 0) is 49.6 Å². The van der Waals surface area contributed by atoms with Crippen molar-refractivity contribution in [2.45, 2.75) is 32.2 Å². The largest absolute Gasteiger partial charge is 0.497 e. The van der Waals surface area contributed by atoms with Gasteiger partial charge in [0.15, 0.2) is 0 Å². The standard InChI is InChI=1S/C22H23N3O3/c1-15-5-3-6-16(13-15)14-20(26)25-12-4-7-19(25)22-23-21(24-28-22)17-8-10-18(27-2)11-9-17/h3,5-6,8-11,13,19H,4,7,12,14H2,1-2H3/t19-/m0/s1. The number of hydrogen-bond acceptors (Lipinski definition) is 5. The highest BCUT2D eigenvalue weighted by Crippen LogP contribution is 2.32. The lowest BCUT2D eigenvalue weighted by Crippen LogP contribution is -2.32. The zero-order valence-electron chi connectivity index (χ0n) is 16.1. The highest BCUT2D eigenvalue weighted by molar-refractivity contribution is 5.79. The van der Waals surface area contributed by atoms with Crippen molar-refractivity contribution in [1.82, 2.24) is 15.0 Å². The van der Waals surface area contributed by atoms with Crippen molar-refractivity contribution >= 4 is 5.91 Å². The Bertz CT molecular complexity index is 965. The Balaban J connectivity index is 1.50. The first-order valence-corrected chi connectivity index (χ1v) is 9.47. The highest BCUT2D eigenvalue weighted by atomic mass is 16.5. The summed E-state index contributed by atoms with van der Waals surface area (Å²) in [5.74, 6) is 1.89. The van der Waals surface area contributed by atoms with Crippen molar-refractivity contribution in [3.63, 3.8) is 0 Å². The molecule has 1 saturated heterocycles. The van der Waals surface area contributed by atoms with Crippen LogP contribution in [-0.2, 0) is 11.2 Å². The number of rotatable bonds is 5. The van der Waals surface area contributed by atoms with Crippen LogP contribution in [0.5, 0.6) is 5.75 Å². The van der Waals surface area contributed by atoms with Crippen molar-refractivity contribution < 1.29 is 14.1 Å². The normalized spacial score (nSPS) is 16.4. The topological polar surface area (TPSA) is 68.5 Å². The Morgan fingerprint density at radius 3 is 2.82 bits per heavy atom. The lowest BCUT2D eigenvalue weighted by molar-refractivity contribution is -0.131. The third kappa shape index (κ3) is 3.76. The molecule has 2 heterocycles. The summed E-state index contributed by atoms with van der Waals surface area (Å²) >= 11 is 0. The average Bonchev–Trinajstić information content (AvgIpc) is 3.37. The van der Waals surface area contributed by atoms with Crippen molar-refractivity contribution in [1.29, 1.82) is 0 Å². The average molecular weight is 377 g/mol. The molecule has 6 nitrogen and oxygen atoms in total. The van der Waals surface area contributed by atoms with Crippen LogP contribution in [0.25, 0.3) is 11.4 Å². The number of ether oxygens (including phenoxy) is 1. The third-order valence-corrected chi connectivity index (χ3v) is 5.09. The molecule has 0 bridgehead atoms. The van der Waals surface area contributed by atoms with Gasteiger partial charge in [0.25, 0.3) is 0 Å². The van der Waals surface area contributed by atoms with Crippen LogP contribution in [0.15, 0.2) is 53.1 Å². The monoisotopic (exact) mass is 377 g/mol. The smallest absolute Gasteiger partial charge is 0.249 e. The van der Waals surface area contributed by atoms with E-state index in [9.17, 15) is 4.79 Å². The van der Waals surface area contributed by atoms with Crippen molar-refractivity contribution in [2.75, 3.05) is 13.7 Å². The molecule has 2 aromatic carbocycles. The van der Waals surface area contributed by atoms with Gasteiger partial charge in [0, 0.05) is 12.1 Å². The number of hydrogen-bond donors (Lipinski definition) is 0. The van der Waals surface area contributed by atoms with E-state index in [0.717, 1.165) is 41.8 Å². The molecule has 0 unspecified atom stereocenters. The summed E-state index contributed by atoms with van der Waals surface area (Å²) in [5, 5.41) is 4.11. The maximum absolute atomic E-state index is 12.9. The minimum absolute atomic E-state index is 0.0947. The SMILES string of the molecule is COc1ccc(-c2noc([C@@H]3CCCN3C(=O)Cc3cccc(C)c3)n2)cc1. The van der Waals surface area contributed by atoms with Crippen molar-refractivity contribution in [3.8, 4) is 17.1 Å². The van der Waals surface area contributed by atoms with E-state index in [1.165, 1.54) is 0 Å². The van der Waals surface area contributed by atoms with Gasteiger partial charge in [-0.3, -0.25) is 4.79 Å². The molecule has 28 heavy (non-hydrogen) atoms. The van der Waals surface area contributed by atoms with Crippen LogP contribution in [0.1, 0.15) is 35.9 Å². The molecule has 0 saturated carbocycles. The molecule has 6 heteroatoms. The van der Waals surface area contributed by atoms with Gasteiger partial charge in [-0.2, -0.15) is 4.98 Å². The van der Waals surface area contributed by atoms with Crippen LogP contribution in [0.2, 0.25) is 0 Å². The first-order chi connectivity index (χ1) is 13.6. The van der Waals surface area contributed by atoms with Crippen LogP contribution in [0.4, 0.5) is 0 Å². The predicted molar refractivity (Wildman–Crippen MR) is 105 cm³/mol. The van der Waals surface area contributed by atoms with Gasteiger partial charge in [-0.1, -0.05) is 35.0 Å². The Labute approximate surface area is 164 Å². The van der Waals surface area contributed by atoms with Gasteiger partial charge >= 0.3 is 0 Å². The Hall–Kier alpha value is -3.15. The van der Waals surface area contributed by atoms with Crippen LogP contribution in [-0.4, -0.2) is 34.6 Å². The Morgan fingerprint density at radius 1 is 1.25 bits per heavy atom. The van der Waals surface area contributed by atoms with E-state index in [1.54, 1.807) is 7.11 Å². The molecule has 1 aromatic heterocycles. The Morgan fingerprint density at radius 2 is 2.07 bits per heavy atom. The molecule has 0 radical (unpaired) electrons. The van der Waals surface area contributed by atoms with Gasteiger partial charge in [0.1, 0.15) is 11.8 Å². The first kappa shape index (κ1) is 18.2. The number of nitrogens with zero attached hydrogens (tertiary/aromatic N) is 3. The van der Waals surface area contributed by atoms with Crippen molar-refractivity contribution in [2.24, 2.45) is 0 Å². The third-order valence-electron chi connectivity index (χ3n) is 5.09. The van der Waals surface area contributed by atoms with E-state index >= 15 is 0 Å². The minimum atomic E-state index is -0.156. The van der Waals surface area contributed by atoms with Crippen molar-refractivity contribution in [3.05, 3.63) is 65.5 Å². The maximum atomic E-state index is 12.9. The van der Waals surface area contributed by atoms with E-state index in [2.05, 4.69) is 16.2 Å². The zero-order chi connectivity index (χ0) is 19.5. The molecule has 1 fully saturated rings. The van der Waals surface area contributed by atoms with Crippen LogP contribution < -0.4 is 4.74 Å². The van der Waals surface area contributed by atoms with E-state index in [-0.39, 0.29) is 11.9 Å². The van der Waals surface area contributed by atoms with Gasteiger partial charge < -0.3 is 14.2 Å². The summed E-state index contributed by atoms with van der Waals surface area (Å²) in [6.07, 6.45) is 2.16. The number of benzene rings is 2. The first-order valence-electron chi connectivity index (χ1n) is 9.47. The summed E-state index contributed by atoms with van der Waals surface area (Å²) in [7, 11) is 1.63. The number of aryl methyl sites for hydroxylation is 1. The Kier molecular flexibility index (Phi) is 5.10. The second-order valence-corrected chi connectivity index (χ2v) is 7.10. The minimum Gasteiger partial charge on any atom is -0.497 e. The van der Waals surface area contributed by atoms with Gasteiger partial charge in [-0.15, -0.1) is 0 Å². The summed E-state index contributed by atoms with van der Waals surface area (Å²) in [6, 6.07) is 15.4. The number of likely N-dealkylation sites (tertiary alicyclic amines) is 1. The molecule has 0 N–H and O–H groups in total. The molecule has 1 aliphatic rings. The molecule has 1 amide bonds. The molecule has 1 aliphatic heterocycles. The molecule has 0 spiro atoms. The fourth-order valence-corrected chi connectivity index (χ4v) is 3.65. The van der Waals surface area contributed by atoms with Crippen LogP contribution in [0.3, 0.4) is 0 Å². The molecular weight excluding hydrogens is 354 g/mol. The van der Waals surface area contributed by atoms with Crippen LogP contribution >= 0.6 is 0 Å². The van der Waals surface area contributed by atoms with Gasteiger partial charge in [-0.25, -0.2) is 0 Å². The molecule has 4 rings (SSSR count). The summed E-state index contributed by atoms with van der Waals surface area (Å²) < 4.78 is 10.7. The lowest BCUT2D eigenvalue weighted by Gasteiger charge is -2.22. The fourth-order valence-electron chi connectivity index (χ4n) is 3.65. The number of aromatic nitrogens is 2. The maximum Gasteiger partial charge on any atom is 0.249 e. The predicted octanol–water partition coefficient (Wildman–Crippen LogP) is 3.96. The van der Waals surface area contributed by atoms with Gasteiger partial charge in [0.05, 0.1) is 13.5 Å². The van der Waals surface area contributed by atoms with E-state index in [4.69, 9.17) is 9.26 Å². The molecule has 3 aromatic rings. The summed E-state index contributed by atoms with van der Waals surface area (Å²) in [4.78, 5) is 19.3. The summed E-state index contributed by atoms with van der Waals surface area (Å²) in [6.45, 7) is 2.75. The second kappa shape index (κ2) is 7.84. The quantitative estimate of drug-likeness (QED) is 0.673. The van der Waals surface area contributed by atoms with E-state index in [1.807, 2.05) is 54.3 Å². The van der Waals surface area contributed by atoms with E-state index in [0.29, 0.717) is 18.1 Å². The number of carbonyl (C=O) groups excluding carboxylic acids is 1. The number of carbonyl (C=O) groups is 1. The molecule has 0 aliphatic carbocycles. The fraction of sp³-hybridized carbons (Fsp3) is 0.318. The van der Waals surface area contributed by atoms with Crippen LogP contribution in [0, 0.1) is 6.92 Å². The second-order valence-electron chi connectivity index (χ2n) is 7.10. The highest BCUT2D eigenvalue weighted by Gasteiger charge is 2.34. The lowest BCUT2D eigenvalue weighted by atomic mass is 10.1. The molecular formula is C22H23N3O3.